The largest absolute Gasteiger partial charge is 0.400 e. The van der Waals surface area contributed by atoms with E-state index in [0.717, 1.165) is 23.5 Å². The van der Waals surface area contributed by atoms with Gasteiger partial charge in [0.1, 0.15) is 11.3 Å². The molecule has 0 saturated heterocycles. The van der Waals surface area contributed by atoms with Gasteiger partial charge in [-0.1, -0.05) is 15.9 Å². The number of carbonyl (C=O) groups excluding carboxylic acids is 1. The highest BCUT2D eigenvalue weighted by Crippen LogP contribution is 2.12. The van der Waals surface area contributed by atoms with E-state index in [9.17, 15) is 4.79 Å². The molecular weight excluding hydrogens is 248 g/mol. The zero-order chi connectivity index (χ0) is 10.6. The molecular formula is C9H9BrN2O2. The van der Waals surface area contributed by atoms with Crippen LogP contribution < -0.4 is 0 Å². The molecule has 0 fully saturated rings. The van der Waals surface area contributed by atoms with Gasteiger partial charge in [0, 0.05) is 17.8 Å². The van der Waals surface area contributed by atoms with Gasteiger partial charge in [-0.15, -0.1) is 0 Å². The van der Waals surface area contributed by atoms with E-state index in [4.69, 9.17) is 5.11 Å². The number of rotatable bonds is 1. The quantitative estimate of drug-likeness (QED) is 0.788. The molecule has 0 spiro atoms. The van der Waals surface area contributed by atoms with Gasteiger partial charge in [-0.2, -0.15) is 0 Å². The Morgan fingerprint density at radius 3 is 2.93 bits per heavy atom. The number of hydrogen-bond acceptors (Lipinski definition) is 3. The molecule has 0 aliphatic carbocycles. The molecule has 0 bridgehead atoms. The van der Waals surface area contributed by atoms with Gasteiger partial charge in [-0.3, -0.25) is 9.20 Å². The van der Waals surface area contributed by atoms with Crippen LogP contribution in [0.5, 0.6) is 0 Å². The number of nitrogens with zero attached hydrogens (tertiary/aromatic N) is 2. The standard InChI is InChI=1S/C8H5BrN2O.CH4O/c9-6-1-2-11-7(5-12)4-10-8(11)3-6;1-2/h1-5H;2H,1H3. The molecule has 0 aliphatic heterocycles. The SMILES string of the molecule is CO.O=Cc1cnc2cc(Br)ccn12. The van der Waals surface area contributed by atoms with E-state index in [0.29, 0.717) is 5.69 Å². The van der Waals surface area contributed by atoms with Gasteiger partial charge in [0.25, 0.3) is 0 Å². The Balaban J connectivity index is 0.000000461. The molecule has 14 heavy (non-hydrogen) atoms. The van der Waals surface area contributed by atoms with E-state index in [1.165, 1.54) is 0 Å². The predicted molar refractivity (Wildman–Crippen MR) is 56.4 cm³/mol. The van der Waals surface area contributed by atoms with Crippen LogP contribution in [0.4, 0.5) is 0 Å². The maximum absolute atomic E-state index is 10.5. The van der Waals surface area contributed by atoms with Crippen LogP contribution in [0.25, 0.3) is 5.65 Å². The van der Waals surface area contributed by atoms with Crippen LogP contribution in [0, 0.1) is 0 Å². The molecule has 0 radical (unpaired) electrons. The second-order valence-corrected chi connectivity index (χ2v) is 3.29. The van der Waals surface area contributed by atoms with E-state index in [1.54, 1.807) is 16.8 Å². The van der Waals surface area contributed by atoms with E-state index < -0.39 is 0 Å². The van der Waals surface area contributed by atoms with E-state index in [2.05, 4.69) is 20.9 Å². The van der Waals surface area contributed by atoms with Crippen molar-refractivity contribution >= 4 is 27.9 Å². The number of fused-ring (bicyclic) bond motifs is 1. The number of aldehydes is 1. The van der Waals surface area contributed by atoms with Gasteiger partial charge >= 0.3 is 0 Å². The normalized spacial score (nSPS) is 9.36. The summed E-state index contributed by atoms with van der Waals surface area (Å²) in [7, 11) is 1.00. The Kier molecular flexibility index (Phi) is 3.79. The van der Waals surface area contributed by atoms with Crippen LogP contribution in [-0.2, 0) is 0 Å². The van der Waals surface area contributed by atoms with Crippen molar-refractivity contribution in [1.82, 2.24) is 9.38 Å². The number of carbonyl (C=O) groups is 1. The lowest BCUT2D eigenvalue weighted by molar-refractivity contribution is 0.111. The highest BCUT2D eigenvalue weighted by atomic mass is 79.9. The van der Waals surface area contributed by atoms with Gasteiger partial charge in [-0.25, -0.2) is 4.98 Å². The van der Waals surface area contributed by atoms with Crippen LogP contribution in [0.3, 0.4) is 0 Å². The fourth-order valence-electron chi connectivity index (χ4n) is 1.06. The number of aliphatic hydroxyl groups is 1. The summed E-state index contributed by atoms with van der Waals surface area (Å²) in [5.74, 6) is 0. The molecule has 0 amide bonds. The lowest BCUT2D eigenvalue weighted by Crippen LogP contribution is -1.88. The van der Waals surface area contributed by atoms with Crippen LogP contribution in [-0.4, -0.2) is 27.9 Å². The molecule has 2 heterocycles. The van der Waals surface area contributed by atoms with Gasteiger partial charge < -0.3 is 5.11 Å². The third kappa shape index (κ3) is 2.00. The Morgan fingerprint density at radius 2 is 2.29 bits per heavy atom. The maximum Gasteiger partial charge on any atom is 0.168 e. The van der Waals surface area contributed by atoms with Gasteiger partial charge in [0.15, 0.2) is 6.29 Å². The molecule has 0 aromatic carbocycles. The van der Waals surface area contributed by atoms with Crippen molar-refractivity contribution in [2.75, 3.05) is 7.11 Å². The van der Waals surface area contributed by atoms with Gasteiger partial charge in [0.05, 0.1) is 6.20 Å². The molecule has 2 rings (SSSR count). The Morgan fingerprint density at radius 1 is 1.57 bits per heavy atom. The van der Waals surface area contributed by atoms with Crippen LogP contribution in [0.2, 0.25) is 0 Å². The van der Waals surface area contributed by atoms with Crippen molar-refractivity contribution in [3.05, 3.63) is 34.7 Å². The summed E-state index contributed by atoms with van der Waals surface area (Å²) in [5, 5.41) is 7.00. The number of halogens is 1. The van der Waals surface area contributed by atoms with Crippen molar-refractivity contribution < 1.29 is 9.90 Å². The minimum absolute atomic E-state index is 0.567. The van der Waals surface area contributed by atoms with Crippen LogP contribution in [0.1, 0.15) is 10.5 Å². The highest BCUT2D eigenvalue weighted by Gasteiger charge is 2.00. The topological polar surface area (TPSA) is 54.6 Å². The zero-order valence-electron chi connectivity index (χ0n) is 7.51. The fraction of sp³-hybridized carbons (Fsp3) is 0.111. The maximum atomic E-state index is 10.5. The van der Waals surface area contributed by atoms with Crippen molar-refractivity contribution in [3.8, 4) is 0 Å². The minimum atomic E-state index is 0.567. The lowest BCUT2D eigenvalue weighted by Gasteiger charge is -1.94. The first-order valence-corrected chi connectivity index (χ1v) is 4.63. The summed E-state index contributed by atoms with van der Waals surface area (Å²) in [6.45, 7) is 0. The number of aromatic nitrogens is 2. The first-order chi connectivity index (χ1) is 6.81. The summed E-state index contributed by atoms with van der Waals surface area (Å²) in [6.07, 6.45) is 4.14. The fourth-order valence-corrected chi connectivity index (χ4v) is 1.39. The summed E-state index contributed by atoms with van der Waals surface area (Å²) in [6, 6.07) is 3.72. The predicted octanol–water partition coefficient (Wildman–Crippen LogP) is 1.52. The molecule has 74 valence electrons. The second-order valence-electron chi connectivity index (χ2n) is 2.37. The van der Waals surface area contributed by atoms with E-state index >= 15 is 0 Å². The average Bonchev–Trinajstić information content (AvgIpc) is 2.62. The van der Waals surface area contributed by atoms with Crippen molar-refractivity contribution in [2.45, 2.75) is 0 Å². The molecule has 5 heteroatoms. The molecule has 2 aromatic heterocycles. The van der Waals surface area contributed by atoms with Gasteiger partial charge in [-0.05, 0) is 12.1 Å². The summed E-state index contributed by atoms with van der Waals surface area (Å²) >= 11 is 3.32. The third-order valence-electron chi connectivity index (χ3n) is 1.62. The number of pyridine rings is 1. The second kappa shape index (κ2) is 4.88. The van der Waals surface area contributed by atoms with Crippen LogP contribution >= 0.6 is 15.9 Å². The molecule has 0 atom stereocenters. The Hall–Kier alpha value is -1.20. The first-order valence-electron chi connectivity index (χ1n) is 3.84. The average molecular weight is 257 g/mol. The molecule has 0 unspecified atom stereocenters. The summed E-state index contributed by atoms with van der Waals surface area (Å²) in [5.41, 5.74) is 1.34. The smallest absolute Gasteiger partial charge is 0.168 e. The summed E-state index contributed by atoms with van der Waals surface area (Å²) in [4.78, 5) is 14.5. The lowest BCUT2D eigenvalue weighted by atomic mass is 10.4. The first kappa shape index (κ1) is 10.9. The number of imidazole rings is 1. The molecule has 2 aromatic rings. The van der Waals surface area contributed by atoms with Crippen molar-refractivity contribution in [1.29, 1.82) is 0 Å². The molecule has 0 saturated carbocycles. The minimum Gasteiger partial charge on any atom is -0.400 e. The highest BCUT2D eigenvalue weighted by molar-refractivity contribution is 9.10. The third-order valence-corrected chi connectivity index (χ3v) is 2.12. The van der Waals surface area contributed by atoms with E-state index in [1.807, 2.05) is 12.1 Å². The molecule has 0 aliphatic rings. The monoisotopic (exact) mass is 256 g/mol. The number of aliphatic hydroxyl groups excluding tert-OH is 1. The molecule has 1 N–H and O–H groups in total. The zero-order valence-corrected chi connectivity index (χ0v) is 9.10. The van der Waals surface area contributed by atoms with Crippen molar-refractivity contribution in [2.24, 2.45) is 0 Å². The Labute approximate surface area is 89.3 Å². The summed E-state index contributed by atoms with van der Waals surface area (Å²) < 4.78 is 2.69. The number of hydrogen-bond donors (Lipinski definition) is 1. The van der Waals surface area contributed by atoms with Gasteiger partial charge in [0.2, 0.25) is 0 Å². The Bertz CT molecular complexity index is 439. The van der Waals surface area contributed by atoms with Crippen LogP contribution in [0.15, 0.2) is 29.0 Å². The van der Waals surface area contributed by atoms with E-state index in [-0.39, 0.29) is 0 Å². The van der Waals surface area contributed by atoms with Crippen molar-refractivity contribution in [3.63, 3.8) is 0 Å². The molecule has 4 nitrogen and oxygen atoms in total.